The van der Waals surface area contributed by atoms with Gasteiger partial charge in [-0.3, -0.25) is 0 Å². The number of aromatic nitrogens is 3. The van der Waals surface area contributed by atoms with Gasteiger partial charge in [-0.2, -0.15) is 10.1 Å². The Hall–Kier alpha value is -0.870. The van der Waals surface area contributed by atoms with E-state index < -0.39 is 0 Å². The van der Waals surface area contributed by atoms with Crippen molar-refractivity contribution in [2.24, 2.45) is 0 Å². The first-order valence-corrected chi connectivity index (χ1v) is 5.60. The Morgan fingerprint density at radius 3 is 2.33 bits per heavy atom. The van der Waals surface area contributed by atoms with Crippen molar-refractivity contribution < 1.29 is 0 Å². The van der Waals surface area contributed by atoms with Crippen molar-refractivity contribution in [2.75, 3.05) is 0 Å². The van der Waals surface area contributed by atoms with Crippen LogP contribution in [0, 0.1) is 13.8 Å². The minimum atomic E-state index is 0.309. The van der Waals surface area contributed by atoms with E-state index >= 15 is 0 Å². The quantitative estimate of drug-likeness (QED) is 0.871. The van der Waals surface area contributed by atoms with E-state index in [4.69, 9.17) is 11.6 Å². The van der Waals surface area contributed by atoms with Crippen molar-refractivity contribution in [3.63, 3.8) is 0 Å². The van der Waals surface area contributed by atoms with Crippen LogP contribution in [0.15, 0.2) is 16.6 Å². The topological polar surface area (TPSA) is 41.6 Å². The highest BCUT2D eigenvalue weighted by Gasteiger charge is 2.08. The van der Waals surface area contributed by atoms with E-state index in [1.165, 1.54) is 0 Å². The van der Waals surface area contributed by atoms with Gasteiger partial charge >= 0.3 is 0 Å². The van der Waals surface area contributed by atoms with Crippen LogP contribution in [0.2, 0.25) is 5.28 Å². The standard InChI is InChI=1S/C10H9BrClN3/c1-5-3-7(4-6(2)8(5)11)9-13-10(12)15-14-9/h3-4H,1-2H3,(H,13,14,15). The number of hydrogen-bond acceptors (Lipinski definition) is 2. The third kappa shape index (κ3) is 2.06. The van der Waals surface area contributed by atoms with Crippen molar-refractivity contribution in [3.05, 3.63) is 33.0 Å². The monoisotopic (exact) mass is 285 g/mol. The second kappa shape index (κ2) is 3.94. The Morgan fingerprint density at radius 2 is 1.87 bits per heavy atom. The van der Waals surface area contributed by atoms with E-state index in [0.29, 0.717) is 11.1 Å². The lowest BCUT2D eigenvalue weighted by atomic mass is 10.1. The number of halogens is 2. The van der Waals surface area contributed by atoms with Crippen LogP contribution < -0.4 is 0 Å². The molecule has 1 aromatic heterocycles. The highest BCUT2D eigenvalue weighted by atomic mass is 79.9. The van der Waals surface area contributed by atoms with E-state index in [0.717, 1.165) is 21.2 Å². The molecule has 0 atom stereocenters. The third-order valence-corrected chi connectivity index (χ3v) is 3.57. The van der Waals surface area contributed by atoms with Gasteiger partial charge in [-0.05, 0) is 48.7 Å². The van der Waals surface area contributed by atoms with Gasteiger partial charge < -0.3 is 0 Å². The van der Waals surface area contributed by atoms with Gasteiger partial charge in [0, 0.05) is 10.0 Å². The lowest BCUT2D eigenvalue weighted by Gasteiger charge is -2.04. The van der Waals surface area contributed by atoms with Gasteiger partial charge in [0.25, 0.3) is 0 Å². The summed E-state index contributed by atoms with van der Waals surface area (Å²) in [7, 11) is 0. The zero-order valence-electron chi connectivity index (χ0n) is 8.31. The number of aryl methyl sites for hydroxylation is 2. The molecule has 2 rings (SSSR count). The summed E-state index contributed by atoms with van der Waals surface area (Å²) in [5.74, 6) is 0.624. The first-order valence-electron chi connectivity index (χ1n) is 4.43. The number of aromatic amines is 1. The number of hydrogen-bond donors (Lipinski definition) is 1. The predicted molar refractivity (Wildman–Crippen MR) is 64.0 cm³/mol. The summed E-state index contributed by atoms with van der Waals surface area (Å²) in [6, 6.07) is 4.05. The summed E-state index contributed by atoms with van der Waals surface area (Å²) in [5.41, 5.74) is 3.29. The van der Waals surface area contributed by atoms with Gasteiger partial charge in [0.2, 0.25) is 5.28 Å². The summed E-state index contributed by atoms with van der Waals surface area (Å²) in [5, 5.41) is 6.94. The van der Waals surface area contributed by atoms with E-state index in [-0.39, 0.29) is 0 Å². The number of benzene rings is 1. The molecule has 0 aliphatic carbocycles. The Bertz CT molecular complexity index is 484. The Morgan fingerprint density at radius 1 is 1.27 bits per heavy atom. The number of nitrogens with one attached hydrogen (secondary N) is 1. The summed E-state index contributed by atoms with van der Waals surface area (Å²) >= 11 is 9.20. The molecule has 0 saturated heterocycles. The molecule has 0 spiro atoms. The van der Waals surface area contributed by atoms with Crippen molar-refractivity contribution >= 4 is 27.5 Å². The normalized spacial score (nSPS) is 10.7. The molecule has 1 heterocycles. The van der Waals surface area contributed by atoms with E-state index in [1.807, 2.05) is 26.0 Å². The first-order chi connectivity index (χ1) is 7.08. The molecular formula is C10H9BrClN3. The summed E-state index contributed by atoms with van der Waals surface area (Å²) in [4.78, 5) is 4.08. The van der Waals surface area contributed by atoms with Crippen LogP contribution in [-0.2, 0) is 0 Å². The zero-order valence-corrected chi connectivity index (χ0v) is 10.6. The largest absolute Gasteiger partial charge is 0.249 e. The van der Waals surface area contributed by atoms with Gasteiger partial charge in [-0.15, -0.1) is 0 Å². The van der Waals surface area contributed by atoms with Crippen LogP contribution >= 0.6 is 27.5 Å². The molecule has 0 unspecified atom stereocenters. The highest BCUT2D eigenvalue weighted by Crippen LogP contribution is 2.26. The molecule has 0 fully saturated rings. The second-order valence-electron chi connectivity index (χ2n) is 3.37. The molecule has 1 aromatic carbocycles. The molecule has 78 valence electrons. The maximum atomic E-state index is 5.68. The van der Waals surface area contributed by atoms with Crippen LogP contribution in [-0.4, -0.2) is 15.2 Å². The first kappa shape index (κ1) is 10.6. The average Bonchev–Trinajstić information content (AvgIpc) is 2.60. The molecule has 0 saturated carbocycles. The van der Waals surface area contributed by atoms with Gasteiger partial charge in [0.05, 0.1) is 0 Å². The van der Waals surface area contributed by atoms with Crippen LogP contribution in [0.25, 0.3) is 11.4 Å². The summed E-state index contributed by atoms with van der Waals surface area (Å²) < 4.78 is 1.12. The third-order valence-electron chi connectivity index (χ3n) is 2.15. The lowest BCUT2D eigenvalue weighted by molar-refractivity contribution is 1.09. The fraction of sp³-hybridized carbons (Fsp3) is 0.200. The van der Waals surface area contributed by atoms with E-state index in [1.54, 1.807) is 0 Å². The maximum absolute atomic E-state index is 5.68. The van der Waals surface area contributed by atoms with Crippen LogP contribution in [0.1, 0.15) is 11.1 Å². The highest BCUT2D eigenvalue weighted by molar-refractivity contribution is 9.10. The molecule has 15 heavy (non-hydrogen) atoms. The second-order valence-corrected chi connectivity index (χ2v) is 4.52. The van der Waals surface area contributed by atoms with Crippen LogP contribution in [0.4, 0.5) is 0 Å². The minimum absolute atomic E-state index is 0.309. The zero-order chi connectivity index (χ0) is 11.0. The fourth-order valence-electron chi connectivity index (χ4n) is 1.45. The molecule has 5 heteroatoms. The number of H-pyrrole nitrogens is 1. The number of rotatable bonds is 1. The molecule has 1 N–H and O–H groups in total. The van der Waals surface area contributed by atoms with E-state index in [2.05, 4.69) is 31.1 Å². The van der Waals surface area contributed by atoms with E-state index in [9.17, 15) is 0 Å². The van der Waals surface area contributed by atoms with Crippen LogP contribution in [0.5, 0.6) is 0 Å². The van der Waals surface area contributed by atoms with Crippen molar-refractivity contribution in [3.8, 4) is 11.4 Å². The fourth-order valence-corrected chi connectivity index (χ4v) is 1.80. The molecular weight excluding hydrogens is 277 g/mol. The SMILES string of the molecule is Cc1cc(-c2n[nH]c(Cl)n2)cc(C)c1Br. The molecule has 0 radical (unpaired) electrons. The molecule has 2 aromatic rings. The maximum Gasteiger partial charge on any atom is 0.218 e. The Kier molecular flexibility index (Phi) is 2.80. The van der Waals surface area contributed by atoms with Crippen LogP contribution in [0.3, 0.4) is 0 Å². The summed E-state index contributed by atoms with van der Waals surface area (Å²) in [6.45, 7) is 4.07. The molecule has 0 aliphatic heterocycles. The van der Waals surface area contributed by atoms with Crippen molar-refractivity contribution in [1.82, 2.24) is 15.2 Å². The molecule has 3 nitrogen and oxygen atoms in total. The average molecular weight is 287 g/mol. The number of nitrogens with zero attached hydrogens (tertiary/aromatic N) is 2. The lowest BCUT2D eigenvalue weighted by Crippen LogP contribution is -1.87. The summed E-state index contributed by atoms with van der Waals surface area (Å²) in [6.07, 6.45) is 0. The van der Waals surface area contributed by atoms with Crippen molar-refractivity contribution in [2.45, 2.75) is 13.8 Å². The molecule has 0 bridgehead atoms. The van der Waals surface area contributed by atoms with Gasteiger partial charge in [-0.1, -0.05) is 15.9 Å². The predicted octanol–water partition coefficient (Wildman–Crippen LogP) is 3.50. The molecule has 0 aliphatic rings. The Balaban J connectivity index is 2.55. The minimum Gasteiger partial charge on any atom is -0.249 e. The van der Waals surface area contributed by atoms with Gasteiger partial charge in [-0.25, -0.2) is 5.10 Å². The Labute approximate surface area is 101 Å². The van der Waals surface area contributed by atoms with Gasteiger partial charge in [0.1, 0.15) is 0 Å². The van der Waals surface area contributed by atoms with Crippen molar-refractivity contribution in [1.29, 1.82) is 0 Å². The smallest absolute Gasteiger partial charge is 0.218 e. The van der Waals surface area contributed by atoms with Gasteiger partial charge in [0.15, 0.2) is 5.82 Å². The molecule has 0 amide bonds.